The van der Waals surface area contributed by atoms with Gasteiger partial charge in [-0.15, -0.1) is 0 Å². The van der Waals surface area contributed by atoms with Crippen molar-refractivity contribution < 1.29 is 27.8 Å². The molecule has 0 aromatic heterocycles. The Bertz CT molecular complexity index is 1100. The number of halogens is 2. The van der Waals surface area contributed by atoms with Gasteiger partial charge < -0.3 is 39.5 Å². The molecule has 0 saturated carbocycles. The molecule has 0 spiro atoms. The molecule has 10 nitrogen and oxygen atoms in total. The maximum Gasteiger partial charge on any atom is 0.410 e. The third-order valence-electron chi connectivity index (χ3n) is 6.65. The Balaban J connectivity index is 0.000000235. The van der Waals surface area contributed by atoms with E-state index in [0.29, 0.717) is 24.6 Å². The molecule has 0 bridgehead atoms. The molecule has 0 unspecified atom stereocenters. The van der Waals surface area contributed by atoms with Gasteiger partial charge in [-0.05, 0) is 69.3 Å². The second kappa shape index (κ2) is 15.9. The molecule has 0 atom stereocenters. The van der Waals surface area contributed by atoms with E-state index >= 15 is 0 Å². The summed E-state index contributed by atoms with van der Waals surface area (Å²) in [5.74, 6) is 1.48. The lowest BCUT2D eigenvalue weighted by Crippen LogP contribution is -2.50. The molecule has 0 aliphatic carbocycles. The van der Waals surface area contributed by atoms with Crippen LogP contribution in [-0.2, 0) is 4.74 Å². The minimum atomic E-state index is -0.492. The second-order valence-electron chi connectivity index (χ2n) is 10.9. The number of carbonyl (C=O) groups excluding carboxylic acids is 1. The van der Waals surface area contributed by atoms with Crippen LogP contribution in [0.2, 0.25) is 0 Å². The first-order chi connectivity index (χ1) is 20.1. The fraction of sp³-hybridized carbons (Fsp3) is 0.533. The van der Waals surface area contributed by atoms with Crippen LogP contribution in [0.3, 0.4) is 0 Å². The molecule has 2 aromatic carbocycles. The molecule has 2 aliphatic heterocycles. The quantitative estimate of drug-likeness (QED) is 0.349. The summed E-state index contributed by atoms with van der Waals surface area (Å²) in [6, 6.07) is 15.2. The highest BCUT2D eigenvalue weighted by molar-refractivity contribution is 5.75. The van der Waals surface area contributed by atoms with Crippen LogP contribution >= 0.6 is 0 Å². The van der Waals surface area contributed by atoms with Gasteiger partial charge in [0.25, 0.3) is 0 Å². The van der Waals surface area contributed by atoms with E-state index in [1.807, 2.05) is 74.2 Å². The Morgan fingerprint density at radius 1 is 0.738 bits per heavy atom. The van der Waals surface area contributed by atoms with Crippen LogP contribution in [0.15, 0.2) is 48.5 Å². The van der Waals surface area contributed by atoms with Crippen LogP contribution in [0.5, 0.6) is 11.5 Å². The monoisotopic (exact) mass is 590 g/mol. The van der Waals surface area contributed by atoms with Crippen LogP contribution < -0.4 is 25.0 Å². The van der Waals surface area contributed by atoms with Gasteiger partial charge in [-0.2, -0.15) is 0 Å². The van der Waals surface area contributed by atoms with E-state index in [-0.39, 0.29) is 25.3 Å². The normalized spacial score (nSPS) is 15.5. The molecule has 232 valence electrons. The number of carbonyl (C=O) groups is 1. The van der Waals surface area contributed by atoms with Gasteiger partial charge in [-0.3, -0.25) is 5.41 Å². The zero-order valence-corrected chi connectivity index (χ0v) is 24.9. The van der Waals surface area contributed by atoms with Crippen molar-refractivity contribution in [2.24, 2.45) is 5.73 Å². The van der Waals surface area contributed by atoms with Gasteiger partial charge in [-0.25, -0.2) is 13.6 Å². The predicted octanol–water partition coefficient (Wildman–Crippen LogP) is 4.14. The molecule has 2 saturated heterocycles. The number of nitrogens with zero attached hydrogens (tertiary/aromatic N) is 4. The van der Waals surface area contributed by atoms with Crippen molar-refractivity contribution in [3.8, 4) is 11.5 Å². The van der Waals surface area contributed by atoms with Crippen LogP contribution in [-0.4, -0.2) is 106 Å². The first kappa shape index (κ1) is 32.6. The highest BCUT2D eigenvalue weighted by Gasteiger charge is 2.26. The zero-order valence-electron chi connectivity index (χ0n) is 24.9. The van der Waals surface area contributed by atoms with Crippen molar-refractivity contribution in [2.75, 3.05) is 88.7 Å². The maximum atomic E-state index is 12.1. The van der Waals surface area contributed by atoms with E-state index in [1.165, 1.54) is 0 Å². The summed E-state index contributed by atoms with van der Waals surface area (Å²) in [6.07, 6.45) is -0.257. The van der Waals surface area contributed by atoms with Crippen molar-refractivity contribution in [1.29, 1.82) is 5.41 Å². The number of guanidine groups is 1. The number of hydrogen-bond acceptors (Lipinski definition) is 7. The third kappa shape index (κ3) is 10.5. The van der Waals surface area contributed by atoms with E-state index in [2.05, 4.69) is 9.80 Å². The fourth-order valence-electron chi connectivity index (χ4n) is 4.50. The molecule has 2 aromatic rings. The highest BCUT2D eigenvalue weighted by Crippen LogP contribution is 2.22. The largest absolute Gasteiger partial charge is 0.491 e. The molecular weight excluding hydrogens is 546 g/mol. The third-order valence-corrected chi connectivity index (χ3v) is 6.65. The average molecular weight is 591 g/mol. The minimum absolute atomic E-state index is 0.0773. The lowest BCUT2D eigenvalue weighted by Gasteiger charge is -2.36. The summed E-state index contributed by atoms with van der Waals surface area (Å²) in [7, 11) is 0. The van der Waals surface area contributed by atoms with Gasteiger partial charge >= 0.3 is 6.09 Å². The minimum Gasteiger partial charge on any atom is -0.491 e. The van der Waals surface area contributed by atoms with Gasteiger partial charge in [0.1, 0.15) is 43.7 Å². The Kier molecular flexibility index (Phi) is 12.3. The first-order valence-electron chi connectivity index (χ1n) is 14.2. The van der Waals surface area contributed by atoms with Gasteiger partial charge in [0.15, 0.2) is 5.96 Å². The van der Waals surface area contributed by atoms with E-state index < -0.39 is 19.0 Å². The number of anilines is 2. The maximum absolute atomic E-state index is 12.1. The molecule has 1 amide bonds. The van der Waals surface area contributed by atoms with Crippen molar-refractivity contribution in [2.45, 2.75) is 26.4 Å². The lowest BCUT2D eigenvalue weighted by atomic mass is 10.2. The van der Waals surface area contributed by atoms with Crippen molar-refractivity contribution in [1.82, 2.24) is 9.80 Å². The molecule has 2 heterocycles. The number of alkyl halides is 2. The number of nitrogens with one attached hydrogen (secondary N) is 1. The smallest absolute Gasteiger partial charge is 0.410 e. The molecule has 42 heavy (non-hydrogen) atoms. The lowest BCUT2D eigenvalue weighted by molar-refractivity contribution is 0.0240. The van der Waals surface area contributed by atoms with Gasteiger partial charge in [0, 0.05) is 63.7 Å². The average Bonchev–Trinajstić information content (AvgIpc) is 2.99. The second-order valence-corrected chi connectivity index (χ2v) is 10.9. The Morgan fingerprint density at radius 3 is 1.45 bits per heavy atom. The Hall–Kier alpha value is -3.96. The van der Waals surface area contributed by atoms with E-state index in [9.17, 15) is 13.6 Å². The fourth-order valence-corrected chi connectivity index (χ4v) is 4.50. The number of rotatable bonds is 8. The summed E-state index contributed by atoms with van der Waals surface area (Å²) in [5, 5.41) is 7.39. The molecular formula is C30H44F2N6O4. The Labute approximate surface area is 247 Å². The number of piperazine rings is 2. The zero-order chi connectivity index (χ0) is 30.5. The van der Waals surface area contributed by atoms with E-state index in [1.54, 1.807) is 4.90 Å². The van der Waals surface area contributed by atoms with E-state index in [4.69, 9.17) is 25.4 Å². The Morgan fingerprint density at radius 2 is 1.12 bits per heavy atom. The van der Waals surface area contributed by atoms with Gasteiger partial charge in [0.2, 0.25) is 0 Å². The number of hydrogen-bond donors (Lipinski definition) is 2. The first-order valence-corrected chi connectivity index (χ1v) is 14.2. The SMILES string of the molecule is CC(C)(C)OC(=O)N1CCN(c2ccc(OCCF)cc2)CC1.N=C(N)N1CCN(c2ccc(OCCF)cc2)CC1. The number of nitrogens with two attached hydrogens (primary N) is 1. The van der Waals surface area contributed by atoms with Crippen LogP contribution in [0.4, 0.5) is 25.0 Å². The van der Waals surface area contributed by atoms with E-state index in [0.717, 1.165) is 50.6 Å². The molecule has 4 rings (SSSR count). The summed E-state index contributed by atoms with van der Waals surface area (Å²) in [4.78, 5) is 20.1. The summed E-state index contributed by atoms with van der Waals surface area (Å²) >= 11 is 0. The topological polar surface area (TPSA) is 108 Å². The molecule has 3 N–H and O–H groups in total. The van der Waals surface area contributed by atoms with Crippen LogP contribution in [0, 0.1) is 5.41 Å². The molecule has 2 fully saturated rings. The van der Waals surface area contributed by atoms with Crippen molar-refractivity contribution in [3.63, 3.8) is 0 Å². The highest BCUT2D eigenvalue weighted by atomic mass is 19.1. The van der Waals surface area contributed by atoms with Crippen LogP contribution in [0.25, 0.3) is 0 Å². The van der Waals surface area contributed by atoms with Crippen molar-refractivity contribution >= 4 is 23.4 Å². The number of benzene rings is 2. The summed E-state index contributed by atoms with van der Waals surface area (Å²) < 4.78 is 39.9. The van der Waals surface area contributed by atoms with Crippen LogP contribution in [0.1, 0.15) is 20.8 Å². The van der Waals surface area contributed by atoms with Gasteiger partial charge in [0.05, 0.1) is 0 Å². The summed E-state index contributed by atoms with van der Waals surface area (Å²) in [6.45, 7) is 10.8. The van der Waals surface area contributed by atoms with Gasteiger partial charge in [-0.1, -0.05) is 0 Å². The number of amides is 1. The summed E-state index contributed by atoms with van der Waals surface area (Å²) in [5.41, 5.74) is 7.17. The van der Waals surface area contributed by atoms with Crippen molar-refractivity contribution in [3.05, 3.63) is 48.5 Å². The molecule has 0 radical (unpaired) electrons. The predicted molar refractivity (Wildman–Crippen MR) is 162 cm³/mol. The standard InChI is InChI=1S/C17H25FN2O3.C13H19FN4O/c1-17(2,3)23-16(21)20-11-9-19(10-12-20)14-4-6-15(7-5-14)22-13-8-18;14-5-10-19-12-3-1-11(2-4-12)17-6-8-18(9-7-17)13(15)16/h4-7H,8-13H2,1-3H3;1-4H,5-10H2,(H3,15,16). The number of ether oxygens (including phenoxy) is 3. The molecule has 2 aliphatic rings. The molecule has 12 heteroatoms.